The summed E-state index contributed by atoms with van der Waals surface area (Å²) >= 11 is 5.37. The fourth-order valence-corrected chi connectivity index (χ4v) is 2.08. The van der Waals surface area contributed by atoms with E-state index in [0.29, 0.717) is 11.3 Å². The lowest BCUT2D eigenvalue weighted by Gasteiger charge is -2.00. The van der Waals surface area contributed by atoms with Crippen molar-refractivity contribution in [2.75, 3.05) is 0 Å². The summed E-state index contributed by atoms with van der Waals surface area (Å²) in [6.45, 7) is 1.33. The third-order valence-corrected chi connectivity index (χ3v) is 3.38. The van der Waals surface area contributed by atoms with Crippen molar-refractivity contribution in [2.45, 2.75) is 6.92 Å². The highest BCUT2D eigenvalue weighted by Gasteiger charge is 2.00. The van der Waals surface area contributed by atoms with E-state index in [1.807, 2.05) is 0 Å². The normalized spacial score (nSPS) is 11.0. The zero-order chi connectivity index (χ0) is 18.2. The maximum absolute atomic E-state index is 11.9. The second kappa shape index (κ2) is 8.76. The van der Waals surface area contributed by atoms with Gasteiger partial charge in [0.1, 0.15) is 5.75 Å². The second-order valence-electron chi connectivity index (χ2n) is 5.13. The topological polar surface area (TPSA) is 60.4 Å². The van der Waals surface area contributed by atoms with Gasteiger partial charge in [-0.3, -0.25) is 14.4 Å². The molecule has 0 N–H and O–H groups in total. The average Bonchev–Trinajstić information content (AvgIpc) is 2.59. The Morgan fingerprint density at radius 3 is 1.76 bits per heavy atom. The average molecular weight is 355 g/mol. The molecule has 5 heteroatoms. The molecule has 2 rings (SSSR count). The molecule has 0 saturated carbocycles. The zero-order valence-electron chi connectivity index (χ0n) is 13.4. The molecule has 0 heterocycles. The summed E-state index contributed by atoms with van der Waals surface area (Å²) in [6.07, 6.45) is 6.19. The molecule has 2 aromatic rings. The fourth-order valence-electron chi connectivity index (χ4n) is 1.95. The van der Waals surface area contributed by atoms with Crippen molar-refractivity contribution in [3.8, 4) is 5.75 Å². The molecular formula is C20H15ClO4. The summed E-state index contributed by atoms with van der Waals surface area (Å²) in [5.74, 6) is -0.108. The van der Waals surface area contributed by atoms with Crippen LogP contribution in [0.3, 0.4) is 0 Å². The van der Waals surface area contributed by atoms with Crippen LogP contribution in [0.4, 0.5) is 0 Å². The number of esters is 1. The molecule has 0 amide bonds. The van der Waals surface area contributed by atoms with E-state index < -0.39 is 5.24 Å². The predicted molar refractivity (Wildman–Crippen MR) is 97.5 cm³/mol. The predicted octanol–water partition coefficient (Wildman–Crippen LogP) is 4.29. The standard InChI is InChI=1S/C20H15ClO4/c1-14(22)25-19-12-6-16(7-13-19)5-11-18(23)10-4-15-2-8-17(9-3-15)20(21)24/h2-13H,1H3/b10-4+,11-5+. The maximum atomic E-state index is 11.9. The number of carbonyl (C=O) groups excluding carboxylic acids is 3. The smallest absolute Gasteiger partial charge is 0.308 e. The molecule has 25 heavy (non-hydrogen) atoms. The largest absolute Gasteiger partial charge is 0.427 e. The van der Waals surface area contributed by atoms with E-state index in [9.17, 15) is 14.4 Å². The monoisotopic (exact) mass is 354 g/mol. The van der Waals surface area contributed by atoms with Gasteiger partial charge in [0.25, 0.3) is 5.24 Å². The summed E-state index contributed by atoms with van der Waals surface area (Å²) in [4.78, 5) is 33.7. The number of hydrogen-bond acceptors (Lipinski definition) is 4. The van der Waals surface area contributed by atoms with E-state index in [1.54, 1.807) is 60.7 Å². The van der Waals surface area contributed by atoms with Crippen LogP contribution in [-0.2, 0) is 9.59 Å². The van der Waals surface area contributed by atoms with E-state index in [4.69, 9.17) is 16.3 Å². The lowest BCUT2D eigenvalue weighted by molar-refractivity contribution is -0.131. The van der Waals surface area contributed by atoms with E-state index in [-0.39, 0.29) is 11.8 Å². The van der Waals surface area contributed by atoms with Gasteiger partial charge in [-0.25, -0.2) is 0 Å². The molecule has 4 nitrogen and oxygen atoms in total. The van der Waals surface area contributed by atoms with Crippen LogP contribution in [0.25, 0.3) is 12.2 Å². The van der Waals surface area contributed by atoms with Crippen LogP contribution in [0.5, 0.6) is 5.75 Å². The van der Waals surface area contributed by atoms with Gasteiger partial charge in [0.15, 0.2) is 5.78 Å². The number of ether oxygens (including phenoxy) is 1. The van der Waals surface area contributed by atoms with Gasteiger partial charge in [-0.15, -0.1) is 0 Å². The second-order valence-corrected chi connectivity index (χ2v) is 5.47. The van der Waals surface area contributed by atoms with Crippen LogP contribution >= 0.6 is 11.6 Å². The van der Waals surface area contributed by atoms with Crippen molar-refractivity contribution in [1.29, 1.82) is 0 Å². The SMILES string of the molecule is CC(=O)Oc1ccc(/C=C/C(=O)/C=C/c2ccc(C(=O)Cl)cc2)cc1. The molecule has 0 atom stereocenters. The van der Waals surface area contributed by atoms with Gasteiger partial charge >= 0.3 is 5.97 Å². The Hall–Kier alpha value is -2.98. The third-order valence-electron chi connectivity index (χ3n) is 3.16. The molecule has 0 aliphatic carbocycles. The van der Waals surface area contributed by atoms with Crippen LogP contribution < -0.4 is 4.74 Å². The molecule has 0 bridgehead atoms. The van der Waals surface area contributed by atoms with Gasteiger partial charge in [-0.2, -0.15) is 0 Å². The zero-order valence-corrected chi connectivity index (χ0v) is 14.2. The number of benzene rings is 2. The summed E-state index contributed by atoms with van der Waals surface area (Å²) in [5, 5.41) is -0.519. The first-order valence-corrected chi connectivity index (χ1v) is 7.80. The Kier molecular flexibility index (Phi) is 6.43. The lowest BCUT2D eigenvalue weighted by atomic mass is 10.1. The Bertz CT molecular complexity index is 831. The molecule has 0 radical (unpaired) electrons. The molecule has 0 saturated heterocycles. The summed E-state index contributed by atoms with van der Waals surface area (Å²) < 4.78 is 4.94. The quantitative estimate of drug-likeness (QED) is 0.336. The minimum absolute atomic E-state index is 0.179. The van der Waals surface area contributed by atoms with Crippen molar-refractivity contribution in [3.05, 3.63) is 77.4 Å². The molecule has 0 aliphatic heterocycles. The van der Waals surface area contributed by atoms with Gasteiger partial charge in [0.05, 0.1) is 0 Å². The lowest BCUT2D eigenvalue weighted by Crippen LogP contribution is -2.00. The molecule has 2 aromatic carbocycles. The van der Waals surface area contributed by atoms with Gasteiger partial charge < -0.3 is 4.74 Å². The third kappa shape index (κ3) is 6.20. The van der Waals surface area contributed by atoms with Crippen LogP contribution in [-0.4, -0.2) is 17.0 Å². The minimum atomic E-state index is -0.519. The van der Waals surface area contributed by atoms with E-state index in [2.05, 4.69) is 0 Å². The first kappa shape index (κ1) is 18.4. The van der Waals surface area contributed by atoms with Gasteiger partial charge in [-0.05, 0) is 59.1 Å². The number of hydrogen-bond donors (Lipinski definition) is 0. The number of allylic oxidation sites excluding steroid dienone is 2. The highest BCUT2D eigenvalue weighted by molar-refractivity contribution is 6.67. The van der Waals surface area contributed by atoms with Gasteiger partial charge in [0.2, 0.25) is 0 Å². The van der Waals surface area contributed by atoms with Gasteiger partial charge in [-0.1, -0.05) is 36.4 Å². The van der Waals surface area contributed by atoms with E-state index in [0.717, 1.165) is 11.1 Å². The van der Waals surface area contributed by atoms with Crippen molar-refractivity contribution in [2.24, 2.45) is 0 Å². The molecule has 0 aliphatic rings. The molecule has 0 unspecified atom stereocenters. The number of carbonyl (C=O) groups is 3. The van der Waals surface area contributed by atoms with Crippen molar-refractivity contribution in [3.63, 3.8) is 0 Å². The molecule has 0 spiro atoms. The summed E-state index contributed by atoms with van der Waals surface area (Å²) in [7, 11) is 0. The number of halogens is 1. The first-order chi connectivity index (χ1) is 11.9. The molecule has 0 aromatic heterocycles. The first-order valence-electron chi connectivity index (χ1n) is 7.42. The van der Waals surface area contributed by atoms with E-state index >= 15 is 0 Å². The molecular weight excluding hydrogens is 340 g/mol. The molecule has 126 valence electrons. The number of ketones is 1. The van der Waals surface area contributed by atoms with Crippen molar-refractivity contribution >= 4 is 40.7 Å². The van der Waals surface area contributed by atoms with Crippen LogP contribution in [0.2, 0.25) is 0 Å². The fraction of sp³-hybridized carbons (Fsp3) is 0.0500. The highest BCUT2D eigenvalue weighted by Crippen LogP contribution is 2.13. The van der Waals surface area contributed by atoms with Crippen molar-refractivity contribution < 1.29 is 19.1 Å². The summed E-state index contributed by atoms with van der Waals surface area (Å²) in [5.41, 5.74) is 2.00. The van der Waals surface area contributed by atoms with Crippen molar-refractivity contribution in [1.82, 2.24) is 0 Å². The van der Waals surface area contributed by atoms with Crippen LogP contribution in [0, 0.1) is 0 Å². The summed E-state index contributed by atoms with van der Waals surface area (Å²) in [6, 6.07) is 13.4. The Morgan fingerprint density at radius 2 is 1.32 bits per heavy atom. The van der Waals surface area contributed by atoms with E-state index in [1.165, 1.54) is 19.1 Å². The highest BCUT2D eigenvalue weighted by atomic mass is 35.5. The Morgan fingerprint density at radius 1 is 0.840 bits per heavy atom. The van der Waals surface area contributed by atoms with Gasteiger partial charge in [0, 0.05) is 12.5 Å². The Labute approximate surface area is 150 Å². The maximum Gasteiger partial charge on any atom is 0.308 e. The molecule has 0 fully saturated rings. The number of rotatable bonds is 6. The minimum Gasteiger partial charge on any atom is -0.427 e. The van der Waals surface area contributed by atoms with Crippen LogP contribution in [0.15, 0.2) is 60.7 Å². The Balaban J connectivity index is 1.95. The van der Waals surface area contributed by atoms with Crippen LogP contribution in [0.1, 0.15) is 28.4 Å².